The molecule has 0 spiro atoms. The van der Waals surface area contributed by atoms with E-state index in [1.807, 2.05) is 24.3 Å². The molecule has 0 radical (unpaired) electrons. The van der Waals surface area contributed by atoms with E-state index in [-0.39, 0.29) is 6.04 Å². The zero-order valence-corrected chi connectivity index (χ0v) is 14.5. The Morgan fingerprint density at radius 1 is 1.23 bits per heavy atom. The summed E-state index contributed by atoms with van der Waals surface area (Å²) >= 11 is 0. The highest BCUT2D eigenvalue weighted by molar-refractivity contribution is 5.92. The molecule has 0 saturated carbocycles. The predicted molar refractivity (Wildman–Crippen MR) is 101 cm³/mol. The van der Waals surface area contributed by atoms with Gasteiger partial charge in [0.1, 0.15) is 0 Å². The minimum Gasteiger partial charge on any atom is -0.366 e. The minimum absolute atomic E-state index is 0.171. The minimum atomic E-state index is -0.472. The van der Waals surface area contributed by atoms with E-state index in [1.165, 1.54) is 6.20 Å². The predicted octanol–water partition coefficient (Wildman–Crippen LogP) is 1.51. The Bertz CT molecular complexity index is 933. The van der Waals surface area contributed by atoms with Gasteiger partial charge >= 0.3 is 0 Å². The molecule has 4 rings (SSSR count). The number of aromatic nitrogens is 3. The largest absolute Gasteiger partial charge is 0.366 e. The standard InChI is InChI=1S/C19H22N6O/c20-14-4-3-9-24(11-14)19-23-16-5-1-2-6-17(16)25(19)12-15-8-7-13(10-22-15)18(21)26/h1-2,5-8,10,14H,3-4,9,11-12,20H2,(H2,21,26)/t14-/m0/s1. The van der Waals surface area contributed by atoms with Crippen molar-refractivity contribution in [2.24, 2.45) is 11.5 Å². The Hall–Kier alpha value is -2.93. The van der Waals surface area contributed by atoms with Crippen molar-refractivity contribution >= 4 is 22.9 Å². The third-order valence-corrected chi connectivity index (χ3v) is 4.80. The van der Waals surface area contributed by atoms with Crippen molar-refractivity contribution in [3.05, 3.63) is 53.9 Å². The summed E-state index contributed by atoms with van der Waals surface area (Å²) in [6, 6.07) is 11.8. The number of carbonyl (C=O) groups excluding carboxylic acids is 1. The van der Waals surface area contributed by atoms with Crippen molar-refractivity contribution in [1.29, 1.82) is 0 Å². The number of para-hydroxylation sites is 2. The first-order valence-corrected chi connectivity index (χ1v) is 8.82. The van der Waals surface area contributed by atoms with Crippen LogP contribution in [0.5, 0.6) is 0 Å². The molecule has 4 N–H and O–H groups in total. The number of hydrogen-bond donors (Lipinski definition) is 2. The van der Waals surface area contributed by atoms with E-state index in [2.05, 4.69) is 20.5 Å². The molecule has 3 aromatic rings. The lowest BCUT2D eigenvalue weighted by molar-refractivity contribution is 0.1000. The van der Waals surface area contributed by atoms with Gasteiger partial charge in [-0.05, 0) is 37.1 Å². The van der Waals surface area contributed by atoms with Crippen LogP contribution < -0.4 is 16.4 Å². The lowest BCUT2D eigenvalue weighted by atomic mass is 10.1. The molecule has 1 aromatic carbocycles. The summed E-state index contributed by atoms with van der Waals surface area (Å²) in [5.41, 5.74) is 14.7. The van der Waals surface area contributed by atoms with E-state index >= 15 is 0 Å². The van der Waals surface area contributed by atoms with Crippen LogP contribution in [-0.4, -0.2) is 39.6 Å². The monoisotopic (exact) mass is 350 g/mol. The molecule has 26 heavy (non-hydrogen) atoms. The molecule has 1 aliphatic rings. The number of nitrogens with two attached hydrogens (primary N) is 2. The summed E-state index contributed by atoms with van der Waals surface area (Å²) in [6.45, 7) is 2.32. The van der Waals surface area contributed by atoms with Gasteiger partial charge in [-0.2, -0.15) is 0 Å². The molecule has 7 nitrogen and oxygen atoms in total. The molecular formula is C19H22N6O. The number of piperidine rings is 1. The van der Waals surface area contributed by atoms with Crippen LogP contribution in [0.3, 0.4) is 0 Å². The fourth-order valence-electron chi connectivity index (χ4n) is 3.48. The second-order valence-corrected chi connectivity index (χ2v) is 6.74. The quantitative estimate of drug-likeness (QED) is 0.742. The van der Waals surface area contributed by atoms with E-state index in [1.54, 1.807) is 6.07 Å². The molecule has 0 bridgehead atoms. The van der Waals surface area contributed by atoms with E-state index in [9.17, 15) is 4.79 Å². The van der Waals surface area contributed by atoms with Crippen molar-refractivity contribution in [3.8, 4) is 0 Å². The van der Waals surface area contributed by atoms with Crippen LogP contribution in [0.2, 0.25) is 0 Å². The zero-order chi connectivity index (χ0) is 18.1. The lowest BCUT2D eigenvalue weighted by Crippen LogP contribution is -2.44. The number of hydrogen-bond acceptors (Lipinski definition) is 5. The molecule has 7 heteroatoms. The van der Waals surface area contributed by atoms with Gasteiger partial charge in [0.2, 0.25) is 11.9 Å². The highest BCUT2D eigenvalue weighted by Gasteiger charge is 2.22. The molecule has 0 aliphatic carbocycles. The van der Waals surface area contributed by atoms with Gasteiger partial charge in [-0.15, -0.1) is 0 Å². The fraction of sp³-hybridized carbons (Fsp3) is 0.316. The number of pyridine rings is 1. The number of anilines is 1. The molecule has 1 atom stereocenters. The van der Waals surface area contributed by atoms with E-state index in [0.29, 0.717) is 12.1 Å². The first-order chi connectivity index (χ1) is 12.6. The lowest BCUT2D eigenvalue weighted by Gasteiger charge is -2.32. The van der Waals surface area contributed by atoms with Gasteiger partial charge in [0.15, 0.2) is 0 Å². The van der Waals surface area contributed by atoms with Crippen LogP contribution in [0, 0.1) is 0 Å². The first kappa shape index (κ1) is 16.5. The molecule has 1 saturated heterocycles. The van der Waals surface area contributed by atoms with Gasteiger partial charge in [-0.3, -0.25) is 9.78 Å². The maximum Gasteiger partial charge on any atom is 0.250 e. The Kier molecular flexibility index (Phi) is 4.30. The molecule has 1 fully saturated rings. The smallest absolute Gasteiger partial charge is 0.250 e. The molecular weight excluding hydrogens is 328 g/mol. The summed E-state index contributed by atoms with van der Waals surface area (Å²) in [7, 11) is 0. The van der Waals surface area contributed by atoms with Crippen LogP contribution >= 0.6 is 0 Å². The van der Waals surface area contributed by atoms with Crippen molar-refractivity contribution < 1.29 is 4.79 Å². The highest BCUT2D eigenvalue weighted by atomic mass is 16.1. The third kappa shape index (κ3) is 3.13. The van der Waals surface area contributed by atoms with Gasteiger partial charge < -0.3 is 20.9 Å². The Labute approximate surface area is 151 Å². The van der Waals surface area contributed by atoms with Crippen molar-refractivity contribution in [3.63, 3.8) is 0 Å². The summed E-state index contributed by atoms with van der Waals surface area (Å²) in [4.78, 5) is 22.7. The van der Waals surface area contributed by atoms with Gasteiger partial charge in [0, 0.05) is 25.3 Å². The zero-order valence-electron chi connectivity index (χ0n) is 14.5. The number of primary amides is 1. The topological polar surface area (TPSA) is 103 Å². The molecule has 134 valence electrons. The van der Waals surface area contributed by atoms with Crippen LogP contribution in [-0.2, 0) is 6.54 Å². The number of fused-ring (bicyclic) bond motifs is 1. The molecule has 3 heterocycles. The van der Waals surface area contributed by atoms with Gasteiger partial charge in [-0.1, -0.05) is 12.1 Å². The second kappa shape index (κ2) is 6.76. The molecule has 1 aliphatic heterocycles. The Balaban J connectivity index is 1.72. The van der Waals surface area contributed by atoms with Crippen LogP contribution in [0.15, 0.2) is 42.6 Å². The van der Waals surface area contributed by atoms with Crippen LogP contribution in [0.1, 0.15) is 28.9 Å². The number of carbonyl (C=O) groups is 1. The van der Waals surface area contributed by atoms with E-state index in [4.69, 9.17) is 16.5 Å². The van der Waals surface area contributed by atoms with Crippen LogP contribution in [0.25, 0.3) is 11.0 Å². The molecule has 0 unspecified atom stereocenters. The second-order valence-electron chi connectivity index (χ2n) is 6.74. The number of amides is 1. The van der Waals surface area contributed by atoms with Crippen molar-refractivity contribution in [2.75, 3.05) is 18.0 Å². The molecule has 2 aromatic heterocycles. The maximum absolute atomic E-state index is 11.2. The number of imidazole rings is 1. The number of benzene rings is 1. The van der Waals surface area contributed by atoms with E-state index in [0.717, 1.165) is 48.6 Å². The highest BCUT2D eigenvalue weighted by Crippen LogP contribution is 2.26. The fourth-order valence-corrected chi connectivity index (χ4v) is 3.48. The molecule has 1 amide bonds. The summed E-state index contributed by atoms with van der Waals surface area (Å²) in [6.07, 6.45) is 3.63. The average Bonchev–Trinajstić information content (AvgIpc) is 3.01. The summed E-state index contributed by atoms with van der Waals surface area (Å²) < 4.78 is 2.17. The SMILES string of the molecule is NC(=O)c1ccc(Cn2c(N3CCC[C@H](N)C3)nc3ccccc32)nc1. The normalized spacial score (nSPS) is 17.6. The van der Waals surface area contributed by atoms with E-state index < -0.39 is 5.91 Å². The summed E-state index contributed by atoms with van der Waals surface area (Å²) in [5.74, 6) is 0.447. The van der Waals surface area contributed by atoms with Gasteiger partial charge in [0.25, 0.3) is 0 Å². The third-order valence-electron chi connectivity index (χ3n) is 4.80. The number of rotatable bonds is 4. The van der Waals surface area contributed by atoms with Crippen molar-refractivity contribution in [1.82, 2.24) is 14.5 Å². The Morgan fingerprint density at radius 3 is 2.81 bits per heavy atom. The Morgan fingerprint density at radius 2 is 2.08 bits per heavy atom. The average molecular weight is 350 g/mol. The van der Waals surface area contributed by atoms with Gasteiger partial charge in [0.05, 0.1) is 28.8 Å². The van der Waals surface area contributed by atoms with Gasteiger partial charge in [-0.25, -0.2) is 4.98 Å². The number of nitrogens with zero attached hydrogens (tertiary/aromatic N) is 4. The van der Waals surface area contributed by atoms with Crippen molar-refractivity contribution in [2.45, 2.75) is 25.4 Å². The first-order valence-electron chi connectivity index (χ1n) is 8.82. The van der Waals surface area contributed by atoms with Crippen LogP contribution in [0.4, 0.5) is 5.95 Å². The maximum atomic E-state index is 11.2. The summed E-state index contributed by atoms with van der Waals surface area (Å²) in [5, 5.41) is 0.